The number of pyridine rings is 1. The van der Waals surface area contributed by atoms with Crippen LogP contribution in [0.4, 0.5) is 0 Å². The van der Waals surface area contributed by atoms with E-state index in [1.807, 2.05) is 0 Å². The molecule has 0 saturated heterocycles. The van der Waals surface area contributed by atoms with Crippen molar-refractivity contribution in [1.29, 1.82) is 0 Å². The van der Waals surface area contributed by atoms with Crippen LogP contribution in [0.3, 0.4) is 0 Å². The minimum atomic E-state index is -1.46. The summed E-state index contributed by atoms with van der Waals surface area (Å²) in [5.74, 6) is -5.22. The van der Waals surface area contributed by atoms with Gasteiger partial charge in [0.25, 0.3) is 0 Å². The molecule has 0 fully saturated rings. The fourth-order valence-electron chi connectivity index (χ4n) is 3.63. The Bertz CT molecular complexity index is 795. The van der Waals surface area contributed by atoms with Crippen molar-refractivity contribution >= 4 is 23.9 Å². The molecule has 1 aromatic rings. The molecule has 0 amide bonds. The Morgan fingerprint density at radius 3 is 1.79 bits per heavy atom. The molecule has 2 heterocycles. The van der Waals surface area contributed by atoms with E-state index in [4.69, 9.17) is 5.11 Å². The van der Waals surface area contributed by atoms with Crippen LogP contribution in [-0.2, 0) is 32.3 Å². The van der Waals surface area contributed by atoms with E-state index in [2.05, 4.69) is 4.98 Å². The molecule has 1 atom stereocenters. The van der Waals surface area contributed by atoms with E-state index < -0.39 is 49.4 Å². The van der Waals surface area contributed by atoms with Gasteiger partial charge < -0.3 is 34.8 Å². The number of carboxylic acids is 4. The Morgan fingerprint density at radius 1 is 0.909 bits per heavy atom. The molecule has 13 heteroatoms. The Hall–Kier alpha value is -1.82. The summed E-state index contributed by atoms with van der Waals surface area (Å²) in [5.41, 5.74) is 1.12. The standard InChI is InChI=1S/C20H28N4O8.Dy/c25-17(26)5-4-16(20(31)32)24-8-6-22(12-18(27)28)10-14-2-1-3-15(21-14)11-23(7-9-24)13-19(29)30;/h1-3,16H,4-13H2,(H,25,26)(H,27,28)(H,29,30)(H,31,32);/q;+3/p-3. The van der Waals surface area contributed by atoms with Crippen LogP contribution in [0.1, 0.15) is 24.2 Å². The second-order valence-electron chi connectivity index (χ2n) is 7.59. The SMILES string of the molecule is O=C([O-])CN1CCN(C(CCC(=O)O)C(=O)[O-])CCN(CC(=O)[O-])Cc2cccc(n2)C1.[Dy+3]. The first kappa shape index (κ1) is 29.2. The second kappa shape index (κ2) is 14.4. The molecule has 183 valence electrons. The third-order valence-electron chi connectivity index (χ3n) is 5.09. The molecule has 0 aliphatic carbocycles. The first-order valence-corrected chi connectivity index (χ1v) is 10.1. The van der Waals surface area contributed by atoms with E-state index in [9.17, 15) is 34.5 Å². The van der Waals surface area contributed by atoms with Crippen molar-refractivity contribution in [2.45, 2.75) is 32.0 Å². The van der Waals surface area contributed by atoms with Crippen LogP contribution >= 0.6 is 0 Å². The molecule has 1 radical (unpaired) electrons. The number of nitrogens with zero attached hydrogens (tertiary/aromatic N) is 4. The summed E-state index contributed by atoms with van der Waals surface area (Å²) in [6.45, 7) is -0.0465. The van der Waals surface area contributed by atoms with Crippen LogP contribution in [0.15, 0.2) is 18.2 Å². The van der Waals surface area contributed by atoms with Gasteiger partial charge in [0.05, 0.1) is 29.3 Å². The van der Waals surface area contributed by atoms with E-state index in [-0.39, 0.29) is 83.9 Å². The Morgan fingerprint density at radius 2 is 1.39 bits per heavy atom. The van der Waals surface area contributed by atoms with E-state index in [0.717, 1.165) is 0 Å². The molecule has 1 aliphatic rings. The van der Waals surface area contributed by atoms with Crippen LogP contribution < -0.4 is 15.3 Å². The summed E-state index contributed by atoms with van der Waals surface area (Å²) in [4.78, 5) is 54.1. The zero-order valence-electron chi connectivity index (χ0n) is 17.8. The van der Waals surface area contributed by atoms with Gasteiger partial charge in [-0.05, 0) is 18.6 Å². The van der Waals surface area contributed by atoms with Gasteiger partial charge in [0, 0.05) is 64.8 Å². The molecule has 0 aromatic carbocycles. The average molecular weight is 612 g/mol. The van der Waals surface area contributed by atoms with Gasteiger partial charge in [0.2, 0.25) is 0 Å². The Labute approximate surface area is 221 Å². The number of carbonyl (C=O) groups excluding carboxylic acids is 3. The van der Waals surface area contributed by atoms with Crippen molar-refractivity contribution in [2.24, 2.45) is 0 Å². The van der Waals surface area contributed by atoms with Crippen molar-refractivity contribution in [2.75, 3.05) is 39.3 Å². The fourth-order valence-corrected chi connectivity index (χ4v) is 3.63. The predicted octanol–water partition coefficient (Wildman–Crippen LogP) is -4.52. The first-order chi connectivity index (χ1) is 15.1. The molecule has 2 rings (SSSR count). The molecular weight excluding hydrogens is 587 g/mol. The van der Waals surface area contributed by atoms with Gasteiger partial charge in [-0.3, -0.25) is 24.5 Å². The van der Waals surface area contributed by atoms with Crippen LogP contribution in [-0.4, -0.2) is 94.0 Å². The van der Waals surface area contributed by atoms with Gasteiger partial charge in [-0.15, -0.1) is 0 Å². The van der Waals surface area contributed by atoms with E-state index in [1.54, 1.807) is 28.0 Å². The zero-order chi connectivity index (χ0) is 23.7. The van der Waals surface area contributed by atoms with Crippen LogP contribution in [0.2, 0.25) is 0 Å². The Kier molecular flexibility index (Phi) is 12.8. The third-order valence-corrected chi connectivity index (χ3v) is 5.09. The number of carbonyl (C=O) groups is 4. The van der Waals surface area contributed by atoms with Crippen molar-refractivity contribution in [3.63, 3.8) is 0 Å². The molecule has 2 bridgehead atoms. The fraction of sp³-hybridized carbons (Fsp3) is 0.550. The van der Waals surface area contributed by atoms with Gasteiger partial charge in [-0.1, -0.05) is 6.07 Å². The topological polar surface area (TPSA) is 180 Å². The van der Waals surface area contributed by atoms with E-state index >= 15 is 0 Å². The molecule has 1 N–H and O–H groups in total. The number of hydrogen-bond acceptors (Lipinski definition) is 11. The van der Waals surface area contributed by atoms with Crippen LogP contribution in [0.5, 0.6) is 0 Å². The summed E-state index contributed by atoms with van der Waals surface area (Å²) in [6, 6.07) is 3.91. The molecule has 0 spiro atoms. The predicted molar refractivity (Wildman–Crippen MR) is 102 cm³/mol. The van der Waals surface area contributed by atoms with E-state index in [0.29, 0.717) is 11.4 Å². The quantitative estimate of drug-likeness (QED) is 0.283. The molecule has 33 heavy (non-hydrogen) atoms. The molecular formula is C20H25DyN4O8. The van der Waals surface area contributed by atoms with Crippen molar-refractivity contribution in [3.8, 4) is 0 Å². The molecule has 1 aliphatic heterocycles. The number of carboxylic acid groups (broad SMARTS) is 4. The number of aliphatic carboxylic acids is 4. The monoisotopic (exact) mass is 613 g/mol. The minimum Gasteiger partial charge on any atom is -0.549 e. The van der Waals surface area contributed by atoms with Gasteiger partial charge in [-0.25, -0.2) is 0 Å². The van der Waals surface area contributed by atoms with Crippen molar-refractivity contribution < 1.29 is 77.8 Å². The van der Waals surface area contributed by atoms with E-state index in [1.165, 1.54) is 4.90 Å². The smallest absolute Gasteiger partial charge is 0.549 e. The zero-order valence-corrected chi connectivity index (χ0v) is 19.8. The summed E-state index contributed by atoms with van der Waals surface area (Å²) < 4.78 is 0. The van der Waals surface area contributed by atoms with Crippen LogP contribution in [0.25, 0.3) is 0 Å². The maximum atomic E-state index is 11.7. The Balaban J connectivity index is 0.00000544. The molecule has 1 aromatic heterocycles. The molecule has 1 unspecified atom stereocenters. The summed E-state index contributed by atoms with van der Waals surface area (Å²) in [5, 5.41) is 43.1. The summed E-state index contributed by atoms with van der Waals surface area (Å²) in [7, 11) is 0. The number of hydrogen-bond donors (Lipinski definition) is 1. The minimum absolute atomic E-state index is 0. The third kappa shape index (κ3) is 10.8. The normalized spacial score (nSPS) is 17.1. The van der Waals surface area contributed by atoms with Gasteiger partial charge in [0.1, 0.15) is 0 Å². The van der Waals surface area contributed by atoms with Crippen molar-refractivity contribution in [1.82, 2.24) is 19.7 Å². The largest absolute Gasteiger partial charge is 3.00 e. The maximum Gasteiger partial charge on any atom is 3.00 e. The summed E-state index contributed by atoms with van der Waals surface area (Å²) in [6.07, 6.45) is -0.603. The number of rotatable bonds is 9. The number of fused-ring (bicyclic) bond motifs is 2. The second-order valence-corrected chi connectivity index (χ2v) is 7.59. The average Bonchev–Trinajstić information content (AvgIpc) is 2.67. The van der Waals surface area contributed by atoms with Crippen molar-refractivity contribution in [3.05, 3.63) is 29.6 Å². The van der Waals surface area contributed by atoms with Crippen LogP contribution in [0, 0.1) is 38.2 Å². The van der Waals surface area contributed by atoms with Gasteiger partial charge >= 0.3 is 44.1 Å². The first-order valence-electron chi connectivity index (χ1n) is 10.1. The maximum absolute atomic E-state index is 11.7. The molecule has 12 nitrogen and oxygen atoms in total. The van der Waals surface area contributed by atoms with Gasteiger partial charge in [0.15, 0.2) is 0 Å². The number of aromatic nitrogens is 1. The molecule has 0 saturated carbocycles. The van der Waals surface area contributed by atoms with Gasteiger partial charge in [-0.2, -0.15) is 0 Å². The summed E-state index contributed by atoms with van der Waals surface area (Å²) >= 11 is 0.